The van der Waals surface area contributed by atoms with Gasteiger partial charge in [0.15, 0.2) is 0 Å². The maximum absolute atomic E-state index is 11.8. The molecule has 0 bridgehead atoms. The number of hydrogen-bond donors (Lipinski definition) is 0. The van der Waals surface area contributed by atoms with Crippen molar-refractivity contribution in [3.8, 4) is 0 Å². The van der Waals surface area contributed by atoms with Gasteiger partial charge in [0.05, 0.1) is 9.90 Å². The summed E-state index contributed by atoms with van der Waals surface area (Å²) in [5.74, 6) is -0.160. The molecule has 0 unspecified atom stereocenters. The zero-order valence-electron chi connectivity index (χ0n) is 6.98. The lowest BCUT2D eigenvalue weighted by Crippen LogP contribution is -2.02. The zero-order valence-corrected chi connectivity index (χ0v) is 8.55. The van der Waals surface area contributed by atoms with E-state index in [-0.39, 0.29) is 5.78 Å². The highest BCUT2D eigenvalue weighted by Gasteiger charge is 2.14. The Morgan fingerprint density at radius 3 is 2.86 bits per heavy atom. The van der Waals surface area contributed by atoms with Crippen LogP contribution in [0, 0.1) is 0 Å². The zero-order chi connectivity index (χ0) is 9.97. The van der Waals surface area contributed by atoms with Crippen LogP contribution in [0.5, 0.6) is 0 Å². The summed E-state index contributed by atoms with van der Waals surface area (Å²) < 4.78 is 0. The third kappa shape index (κ3) is 1.66. The third-order valence-corrected chi connectivity index (χ3v) is 2.98. The highest BCUT2D eigenvalue weighted by Crippen LogP contribution is 2.24. The first-order valence-electron chi connectivity index (χ1n) is 3.83. The van der Waals surface area contributed by atoms with Gasteiger partial charge < -0.3 is 0 Å². The Morgan fingerprint density at radius 2 is 2.29 bits per heavy atom. The van der Waals surface area contributed by atoms with Crippen LogP contribution in [-0.4, -0.2) is 15.8 Å². The first kappa shape index (κ1) is 9.30. The molecule has 0 fully saturated rings. The molecule has 0 spiro atoms. The average Bonchev–Trinajstić information content (AvgIpc) is 2.65. The Bertz CT molecular complexity index is 455. The fraction of sp³-hybridized carbons (Fsp3) is 0. The molecule has 14 heavy (non-hydrogen) atoms. The summed E-state index contributed by atoms with van der Waals surface area (Å²) in [6, 6.07) is 3.26. The summed E-state index contributed by atoms with van der Waals surface area (Å²) in [6.07, 6.45) is 2.87. The van der Waals surface area contributed by atoms with Crippen molar-refractivity contribution >= 4 is 28.7 Å². The SMILES string of the molecule is O=C(c1ccncn1)c1sccc1Cl. The quantitative estimate of drug-likeness (QED) is 0.736. The maximum atomic E-state index is 11.8. The fourth-order valence-electron chi connectivity index (χ4n) is 0.997. The van der Waals surface area contributed by atoms with Crippen LogP contribution in [0.4, 0.5) is 0 Å². The van der Waals surface area contributed by atoms with E-state index in [1.54, 1.807) is 17.5 Å². The second-order valence-corrected chi connectivity index (χ2v) is 3.84. The van der Waals surface area contributed by atoms with Gasteiger partial charge in [0.2, 0.25) is 5.78 Å². The van der Waals surface area contributed by atoms with Crippen molar-refractivity contribution in [1.29, 1.82) is 0 Å². The summed E-state index contributed by atoms with van der Waals surface area (Å²) >= 11 is 7.14. The Morgan fingerprint density at radius 1 is 1.43 bits per heavy atom. The summed E-state index contributed by atoms with van der Waals surface area (Å²) in [6.45, 7) is 0. The number of halogens is 1. The van der Waals surface area contributed by atoms with Crippen molar-refractivity contribution in [3.63, 3.8) is 0 Å². The van der Waals surface area contributed by atoms with Crippen molar-refractivity contribution in [2.24, 2.45) is 0 Å². The van der Waals surface area contributed by atoms with Gasteiger partial charge in [-0.1, -0.05) is 11.6 Å². The summed E-state index contributed by atoms with van der Waals surface area (Å²) in [7, 11) is 0. The monoisotopic (exact) mass is 224 g/mol. The summed E-state index contributed by atoms with van der Waals surface area (Å²) in [5.41, 5.74) is 0.365. The molecule has 5 heteroatoms. The van der Waals surface area contributed by atoms with E-state index >= 15 is 0 Å². The second-order valence-electron chi connectivity index (χ2n) is 2.52. The second kappa shape index (κ2) is 3.86. The highest BCUT2D eigenvalue weighted by molar-refractivity contribution is 7.13. The van der Waals surface area contributed by atoms with Crippen LogP contribution in [0.1, 0.15) is 15.4 Å². The van der Waals surface area contributed by atoms with Crippen molar-refractivity contribution in [1.82, 2.24) is 9.97 Å². The Labute approximate surface area is 89.4 Å². The topological polar surface area (TPSA) is 42.9 Å². The number of aromatic nitrogens is 2. The highest BCUT2D eigenvalue weighted by atomic mass is 35.5. The van der Waals surface area contributed by atoms with Crippen LogP contribution in [0.2, 0.25) is 5.02 Å². The molecule has 3 nitrogen and oxygen atoms in total. The molecule has 0 aliphatic heterocycles. The first-order valence-corrected chi connectivity index (χ1v) is 5.08. The predicted octanol–water partition coefficient (Wildman–Crippen LogP) is 2.42. The normalized spacial score (nSPS) is 10.1. The van der Waals surface area contributed by atoms with E-state index in [2.05, 4.69) is 9.97 Å². The Kier molecular flexibility index (Phi) is 2.56. The van der Waals surface area contributed by atoms with E-state index in [1.807, 2.05) is 0 Å². The Balaban J connectivity index is 2.39. The lowest BCUT2D eigenvalue weighted by molar-refractivity contribution is 0.103. The van der Waals surface area contributed by atoms with Crippen LogP contribution in [0.15, 0.2) is 30.0 Å². The van der Waals surface area contributed by atoms with Gasteiger partial charge in [-0.25, -0.2) is 9.97 Å². The number of ketones is 1. The van der Waals surface area contributed by atoms with Crippen molar-refractivity contribution in [2.75, 3.05) is 0 Å². The number of carbonyl (C=O) groups is 1. The molecule has 0 saturated heterocycles. The molecule has 0 N–H and O–H groups in total. The van der Waals surface area contributed by atoms with E-state index in [9.17, 15) is 4.79 Å². The molecule has 0 aliphatic rings. The van der Waals surface area contributed by atoms with Gasteiger partial charge >= 0.3 is 0 Å². The van der Waals surface area contributed by atoms with Gasteiger partial charge in [0.25, 0.3) is 0 Å². The van der Waals surface area contributed by atoms with E-state index in [4.69, 9.17) is 11.6 Å². The molecular weight excluding hydrogens is 220 g/mol. The van der Waals surface area contributed by atoms with Gasteiger partial charge in [-0.15, -0.1) is 11.3 Å². The van der Waals surface area contributed by atoms with Crippen LogP contribution < -0.4 is 0 Å². The molecule has 0 saturated carbocycles. The molecule has 0 atom stereocenters. The minimum atomic E-state index is -0.160. The van der Waals surface area contributed by atoms with Crippen molar-refractivity contribution in [3.05, 3.63) is 45.6 Å². The molecule has 2 aromatic heterocycles. The van der Waals surface area contributed by atoms with Crippen LogP contribution in [-0.2, 0) is 0 Å². The summed E-state index contributed by atoms with van der Waals surface area (Å²) in [4.78, 5) is 19.9. The lowest BCUT2D eigenvalue weighted by atomic mass is 10.2. The number of rotatable bonds is 2. The molecule has 2 aromatic rings. The van der Waals surface area contributed by atoms with E-state index in [0.717, 1.165) is 0 Å². The van der Waals surface area contributed by atoms with Crippen LogP contribution in [0.3, 0.4) is 0 Å². The molecule has 0 radical (unpaired) electrons. The minimum Gasteiger partial charge on any atom is -0.286 e. The van der Waals surface area contributed by atoms with Crippen LogP contribution >= 0.6 is 22.9 Å². The molecule has 2 heterocycles. The molecule has 0 aromatic carbocycles. The number of nitrogens with zero attached hydrogens (tertiary/aromatic N) is 2. The Hall–Kier alpha value is -1.26. The van der Waals surface area contributed by atoms with Gasteiger partial charge in [0, 0.05) is 6.20 Å². The number of carbonyl (C=O) groups excluding carboxylic acids is 1. The number of thiophene rings is 1. The van der Waals surface area contributed by atoms with Gasteiger partial charge in [-0.3, -0.25) is 4.79 Å². The van der Waals surface area contributed by atoms with Gasteiger partial charge in [-0.05, 0) is 17.5 Å². The summed E-state index contributed by atoms with van der Waals surface area (Å²) in [5, 5.41) is 2.25. The lowest BCUT2D eigenvalue weighted by Gasteiger charge is -1.96. The van der Waals surface area contributed by atoms with E-state index in [1.165, 1.54) is 23.9 Å². The molecule has 0 aliphatic carbocycles. The standard InChI is InChI=1S/C9H5ClN2OS/c10-6-2-4-14-9(6)8(13)7-1-3-11-5-12-7/h1-5H. The van der Waals surface area contributed by atoms with Crippen molar-refractivity contribution in [2.45, 2.75) is 0 Å². The maximum Gasteiger partial charge on any atom is 0.222 e. The minimum absolute atomic E-state index is 0.160. The van der Waals surface area contributed by atoms with Crippen molar-refractivity contribution < 1.29 is 4.79 Å². The molecular formula is C9H5ClN2OS. The van der Waals surface area contributed by atoms with Crippen LogP contribution in [0.25, 0.3) is 0 Å². The number of hydrogen-bond acceptors (Lipinski definition) is 4. The first-order chi connectivity index (χ1) is 6.79. The van der Waals surface area contributed by atoms with E-state index in [0.29, 0.717) is 15.6 Å². The predicted molar refractivity (Wildman–Crippen MR) is 54.8 cm³/mol. The average molecular weight is 225 g/mol. The van der Waals surface area contributed by atoms with E-state index < -0.39 is 0 Å². The van der Waals surface area contributed by atoms with Gasteiger partial charge in [0.1, 0.15) is 12.0 Å². The van der Waals surface area contributed by atoms with Gasteiger partial charge in [-0.2, -0.15) is 0 Å². The third-order valence-electron chi connectivity index (χ3n) is 1.64. The fourth-order valence-corrected chi connectivity index (χ4v) is 2.09. The molecule has 2 rings (SSSR count). The largest absolute Gasteiger partial charge is 0.286 e. The smallest absolute Gasteiger partial charge is 0.222 e. The molecule has 0 amide bonds. The molecule has 70 valence electrons.